The summed E-state index contributed by atoms with van der Waals surface area (Å²) < 4.78 is 0. The first-order valence-electron chi connectivity index (χ1n) is 3.68. The van der Waals surface area contributed by atoms with Gasteiger partial charge in [0.15, 0.2) is 0 Å². The molecule has 0 aromatic heterocycles. The Hall–Kier alpha value is -0.490. The summed E-state index contributed by atoms with van der Waals surface area (Å²) in [5.41, 5.74) is 0. The Morgan fingerprint density at radius 2 is 1.08 bits per heavy atom. The van der Waals surface area contributed by atoms with Crippen LogP contribution in [0.1, 0.15) is 0 Å². The topological polar surface area (TPSA) is 98.0 Å². The summed E-state index contributed by atoms with van der Waals surface area (Å²) in [6, 6.07) is 0. The first-order valence-corrected chi connectivity index (χ1v) is 3.68. The average molecular weight is 178 g/mol. The van der Waals surface area contributed by atoms with Crippen LogP contribution in [0.5, 0.6) is 0 Å². The second-order valence-electron chi connectivity index (χ2n) is 2.53. The van der Waals surface area contributed by atoms with Gasteiger partial charge < -0.3 is 20.4 Å². The van der Waals surface area contributed by atoms with E-state index in [4.69, 9.17) is 20.4 Å². The molecule has 0 atom stereocenters. The molecule has 0 heterocycles. The maximum atomic E-state index is 11.1. The number of hydrogen-bond acceptors (Lipinski definition) is 5. The largest absolute Gasteiger partial charge is 0.396 e. The molecule has 0 aliphatic heterocycles. The zero-order valence-electron chi connectivity index (χ0n) is 6.68. The summed E-state index contributed by atoms with van der Waals surface area (Å²) in [7, 11) is 0. The average Bonchev–Trinajstić information content (AvgIpc) is 2.09. The second kappa shape index (κ2) is 6.07. The van der Waals surface area contributed by atoms with Crippen molar-refractivity contribution in [2.75, 3.05) is 26.4 Å². The van der Waals surface area contributed by atoms with Gasteiger partial charge in [0.25, 0.3) is 0 Å². The Kier molecular flexibility index (Phi) is 5.83. The Balaban J connectivity index is 4.12. The van der Waals surface area contributed by atoms with Gasteiger partial charge in [-0.15, -0.1) is 0 Å². The maximum Gasteiger partial charge on any atom is 0.148 e. The zero-order valence-corrected chi connectivity index (χ0v) is 6.68. The van der Waals surface area contributed by atoms with E-state index in [9.17, 15) is 4.79 Å². The smallest absolute Gasteiger partial charge is 0.148 e. The van der Waals surface area contributed by atoms with Crippen LogP contribution < -0.4 is 0 Å². The molecule has 0 radical (unpaired) electrons. The minimum absolute atomic E-state index is 0.466. The molecule has 0 amide bonds. The van der Waals surface area contributed by atoms with Gasteiger partial charge in [-0.3, -0.25) is 4.79 Å². The molecular weight excluding hydrogens is 164 g/mol. The van der Waals surface area contributed by atoms with E-state index in [0.29, 0.717) is 0 Å². The van der Waals surface area contributed by atoms with E-state index in [-0.39, 0.29) is 0 Å². The first-order chi connectivity index (χ1) is 5.71. The highest BCUT2D eigenvalue weighted by Crippen LogP contribution is 2.05. The molecular formula is C7H14O5. The molecule has 0 unspecified atom stereocenters. The van der Waals surface area contributed by atoms with E-state index in [1.165, 1.54) is 0 Å². The summed E-state index contributed by atoms with van der Waals surface area (Å²) >= 11 is 0. The van der Waals surface area contributed by atoms with E-state index in [1.54, 1.807) is 0 Å². The minimum atomic E-state index is -0.894. The molecule has 0 saturated carbocycles. The van der Waals surface area contributed by atoms with Gasteiger partial charge in [0.05, 0.1) is 38.3 Å². The SMILES string of the molecule is O=C(C(CO)CO)C(CO)CO. The fourth-order valence-electron chi connectivity index (χ4n) is 0.809. The van der Waals surface area contributed by atoms with E-state index in [1.807, 2.05) is 0 Å². The number of hydrogen-bond donors (Lipinski definition) is 4. The van der Waals surface area contributed by atoms with Crippen molar-refractivity contribution in [2.45, 2.75) is 0 Å². The summed E-state index contributed by atoms with van der Waals surface area (Å²) in [5, 5.41) is 34.4. The number of carbonyl (C=O) groups is 1. The number of carbonyl (C=O) groups excluding carboxylic acids is 1. The number of rotatable bonds is 6. The van der Waals surface area contributed by atoms with Gasteiger partial charge >= 0.3 is 0 Å². The van der Waals surface area contributed by atoms with E-state index in [0.717, 1.165) is 0 Å². The van der Waals surface area contributed by atoms with Crippen molar-refractivity contribution in [3.63, 3.8) is 0 Å². The summed E-state index contributed by atoms with van der Waals surface area (Å²) in [4.78, 5) is 11.1. The van der Waals surface area contributed by atoms with Crippen LogP contribution in [0.4, 0.5) is 0 Å². The van der Waals surface area contributed by atoms with Gasteiger partial charge in [-0.1, -0.05) is 0 Å². The number of ketones is 1. The predicted molar refractivity (Wildman–Crippen MR) is 40.3 cm³/mol. The van der Waals surface area contributed by atoms with Crippen molar-refractivity contribution in [3.8, 4) is 0 Å². The van der Waals surface area contributed by atoms with Crippen molar-refractivity contribution in [1.82, 2.24) is 0 Å². The lowest BCUT2D eigenvalue weighted by Crippen LogP contribution is -2.32. The quantitative estimate of drug-likeness (QED) is 0.368. The summed E-state index contributed by atoms with van der Waals surface area (Å²) in [6.45, 7) is -1.87. The van der Waals surface area contributed by atoms with Gasteiger partial charge in [-0.05, 0) is 0 Å². The third kappa shape index (κ3) is 2.86. The molecule has 0 bridgehead atoms. The van der Waals surface area contributed by atoms with Crippen molar-refractivity contribution in [3.05, 3.63) is 0 Å². The molecule has 0 aromatic rings. The molecule has 0 aliphatic rings. The van der Waals surface area contributed by atoms with Crippen LogP contribution in [0.2, 0.25) is 0 Å². The molecule has 72 valence electrons. The normalized spacial score (nSPS) is 11.2. The van der Waals surface area contributed by atoms with Crippen molar-refractivity contribution >= 4 is 5.78 Å². The molecule has 0 rings (SSSR count). The summed E-state index contributed by atoms with van der Waals surface area (Å²) in [5.74, 6) is -2.30. The first kappa shape index (κ1) is 11.5. The summed E-state index contributed by atoms with van der Waals surface area (Å²) in [6.07, 6.45) is 0. The van der Waals surface area contributed by atoms with Crippen LogP contribution in [-0.2, 0) is 4.79 Å². The van der Waals surface area contributed by atoms with E-state index >= 15 is 0 Å². The lowest BCUT2D eigenvalue weighted by molar-refractivity contribution is -0.132. The molecule has 0 aliphatic carbocycles. The zero-order chi connectivity index (χ0) is 9.56. The molecule has 0 saturated heterocycles. The van der Waals surface area contributed by atoms with Gasteiger partial charge in [-0.25, -0.2) is 0 Å². The minimum Gasteiger partial charge on any atom is -0.396 e. The van der Waals surface area contributed by atoms with Gasteiger partial charge in [-0.2, -0.15) is 0 Å². The second-order valence-corrected chi connectivity index (χ2v) is 2.53. The molecule has 0 aromatic carbocycles. The van der Waals surface area contributed by atoms with Crippen molar-refractivity contribution in [1.29, 1.82) is 0 Å². The molecule has 4 N–H and O–H groups in total. The molecule has 0 spiro atoms. The van der Waals surface area contributed by atoms with E-state index < -0.39 is 44.0 Å². The Labute approximate surface area is 70.3 Å². The number of aliphatic hydroxyl groups excluding tert-OH is 4. The maximum absolute atomic E-state index is 11.1. The Bertz CT molecular complexity index is 114. The highest BCUT2D eigenvalue weighted by Gasteiger charge is 2.24. The van der Waals surface area contributed by atoms with Crippen LogP contribution in [0.15, 0.2) is 0 Å². The molecule has 5 nitrogen and oxygen atoms in total. The van der Waals surface area contributed by atoms with Crippen LogP contribution in [-0.4, -0.2) is 52.6 Å². The number of aliphatic hydroxyl groups is 4. The van der Waals surface area contributed by atoms with Crippen LogP contribution >= 0.6 is 0 Å². The van der Waals surface area contributed by atoms with Gasteiger partial charge in [0.1, 0.15) is 5.78 Å². The fourth-order valence-corrected chi connectivity index (χ4v) is 0.809. The Morgan fingerprint density at radius 1 is 0.833 bits per heavy atom. The third-order valence-corrected chi connectivity index (χ3v) is 1.69. The highest BCUT2D eigenvalue weighted by atomic mass is 16.3. The van der Waals surface area contributed by atoms with Crippen molar-refractivity contribution in [2.24, 2.45) is 11.8 Å². The molecule has 0 fully saturated rings. The fraction of sp³-hybridized carbons (Fsp3) is 0.857. The lowest BCUT2D eigenvalue weighted by atomic mass is 9.95. The van der Waals surface area contributed by atoms with E-state index in [2.05, 4.69) is 0 Å². The monoisotopic (exact) mass is 178 g/mol. The Morgan fingerprint density at radius 3 is 1.25 bits per heavy atom. The van der Waals surface area contributed by atoms with Crippen molar-refractivity contribution < 1.29 is 25.2 Å². The number of Topliss-reactive ketones (excluding diaryl/α,β-unsaturated/α-hetero) is 1. The lowest BCUT2D eigenvalue weighted by Gasteiger charge is -2.15. The predicted octanol–water partition coefficient (Wildman–Crippen LogP) is -2.24. The van der Waals surface area contributed by atoms with Crippen LogP contribution in [0.3, 0.4) is 0 Å². The highest BCUT2D eigenvalue weighted by molar-refractivity contribution is 5.83. The van der Waals surface area contributed by atoms with Gasteiger partial charge in [0.2, 0.25) is 0 Å². The third-order valence-electron chi connectivity index (χ3n) is 1.69. The standard InChI is InChI=1S/C7H14O5/c8-1-5(2-9)7(12)6(3-10)4-11/h5-6,8-11H,1-4H2. The van der Waals surface area contributed by atoms with Gasteiger partial charge in [0, 0.05) is 0 Å². The van der Waals surface area contributed by atoms with Crippen LogP contribution in [0.25, 0.3) is 0 Å². The van der Waals surface area contributed by atoms with Crippen LogP contribution in [0, 0.1) is 11.8 Å². The molecule has 5 heteroatoms. The molecule has 12 heavy (non-hydrogen) atoms.